The van der Waals surface area contributed by atoms with Crippen molar-refractivity contribution in [1.82, 2.24) is 15.1 Å². The molecule has 2 heterocycles. The van der Waals surface area contributed by atoms with E-state index in [2.05, 4.69) is 10.2 Å². The average Bonchev–Trinajstić information content (AvgIpc) is 2.84. The molecule has 98 valence electrons. The Morgan fingerprint density at radius 3 is 2.78 bits per heavy atom. The molecule has 3 rings (SSSR count). The molecule has 1 saturated heterocycles. The zero-order chi connectivity index (χ0) is 12.5. The van der Waals surface area contributed by atoms with Crippen molar-refractivity contribution in [3.63, 3.8) is 0 Å². The average molecular weight is 266 g/mol. The summed E-state index contributed by atoms with van der Waals surface area (Å²) in [6.45, 7) is 0.861. The minimum Gasteiger partial charge on any atom is -0.374 e. The van der Waals surface area contributed by atoms with E-state index in [0.29, 0.717) is 22.1 Å². The highest BCUT2D eigenvalue weighted by atomic mass is 32.1. The highest BCUT2D eigenvalue weighted by Crippen LogP contribution is 2.36. The third kappa shape index (κ3) is 2.09. The molecule has 1 aliphatic heterocycles. The number of hydrogen-bond donors (Lipinski definition) is 1. The number of nitrogen functional groups attached to an aromatic ring is 1. The van der Waals surface area contributed by atoms with Crippen molar-refractivity contribution in [2.24, 2.45) is 5.92 Å². The lowest BCUT2D eigenvalue weighted by molar-refractivity contribution is 0.0389. The molecule has 0 unspecified atom stereocenters. The zero-order valence-corrected chi connectivity index (χ0v) is 11.2. The van der Waals surface area contributed by atoms with E-state index in [9.17, 15) is 4.79 Å². The first kappa shape index (κ1) is 11.9. The topological polar surface area (TPSA) is 72.1 Å². The first-order chi connectivity index (χ1) is 8.75. The van der Waals surface area contributed by atoms with Gasteiger partial charge in [-0.2, -0.15) is 0 Å². The Kier molecular flexibility index (Phi) is 3.20. The minimum atomic E-state index is 0.0285. The quantitative estimate of drug-likeness (QED) is 0.843. The van der Waals surface area contributed by atoms with Gasteiger partial charge in [-0.05, 0) is 31.6 Å². The maximum absolute atomic E-state index is 12.4. The molecule has 0 bridgehead atoms. The normalized spacial score (nSPS) is 27.9. The van der Waals surface area contributed by atoms with Crippen LogP contribution in [0.4, 0.5) is 5.13 Å². The van der Waals surface area contributed by atoms with Crippen molar-refractivity contribution in [1.29, 1.82) is 0 Å². The van der Waals surface area contributed by atoms with Crippen LogP contribution in [0.1, 0.15) is 48.3 Å². The third-order valence-corrected chi connectivity index (χ3v) is 4.87. The molecule has 0 radical (unpaired) electrons. The summed E-state index contributed by atoms with van der Waals surface area (Å²) in [5.41, 5.74) is 5.55. The first-order valence-corrected chi connectivity index (χ1v) is 7.47. The number of carbonyl (C=O) groups is 1. The fourth-order valence-electron chi connectivity index (χ4n) is 3.32. The van der Waals surface area contributed by atoms with Gasteiger partial charge in [-0.1, -0.05) is 24.2 Å². The molecule has 1 saturated carbocycles. The van der Waals surface area contributed by atoms with Crippen molar-refractivity contribution in [2.45, 2.75) is 44.6 Å². The number of piperidine rings is 1. The standard InChI is InChI=1S/C12H18N4OS/c13-12-15-14-10(18-12)11(17)16-7-3-5-8-4-1-2-6-9(8)16/h8-9H,1-7H2,(H2,13,15)/t8-,9-/m1/s1. The van der Waals surface area contributed by atoms with Crippen LogP contribution in [0.5, 0.6) is 0 Å². The Balaban J connectivity index is 1.79. The van der Waals surface area contributed by atoms with Gasteiger partial charge >= 0.3 is 0 Å². The Bertz CT molecular complexity index is 445. The molecule has 0 spiro atoms. The Morgan fingerprint density at radius 1 is 1.22 bits per heavy atom. The monoisotopic (exact) mass is 266 g/mol. The molecule has 2 N–H and O–H groups in total. The predicted octanol–water partition coefficient (Wildman–Crippen LogP) is 1.92. The Labute approximate surface area is 110 Å². The number of amides is 1. The highest BCUT2D eigenvalue weighted by Gasteiger charge is 2.36. The number of carbonyl (C=O) groups excluding carboxylic acids is 1. The van der Waals surface area contributed by atoms with Gasteiger partial charge in [0, 0.05) is 12.6 Å². The van der Waals surface area contributed by atoms with E-state index in [1.165, 1.54) is 37.0 Å². The summed E-state index contributed by atoms with van der Waals surface area (Å²) in [6.07, 6.45) is 7.35. The molecule has 1 aliphatic carbocycles. The number of hydrogen-bond acceptors (Lipinski definition) is 5. The smallest absolute Gasteiger partial charge is 0.285 e. The molecule has 0 aromatic carbocycles. The molecule has 18 heavy (non-hydrogen) atoms. The molecule has 1 amide bonds. The number of aromatic nitrogens is 2. The molecule has 2 fully saturated rings. The maximum Gasteiger partial charge on any atom is 0.285 e. The molecular weight excluding hydrogens is 248 g/mol. The number of nitrogens with zero attached hydrogens (tertiary/aromatic N) is 3. The molecule has 5 nitrogen and oxygen atoms in total. The van der Waals surface area contributed by atoms with Crippen molar-refractivity contribution >= 4 is 22.4 Å². The van der Waals surface area contributed by atoms with E-state index < -0.39 is 0 Å². The van der Waals surface area contributed by atoms with Crippen LogP contribution in [-0.4, -0.2) is 33.6 Å². The number of likely N-dealkylation sites (tertiary alicyclic amines) is 1. The van der Waals surface area contributed by atoms with Crippen molar-refractivity contribution in [3.05, 3.63) is 5.01 Å². The van der Waals surface area contributed by atoms with E-state index in [1.807, 2.05) is 4.90 Å². The van der Waals surface area contributed by atoms with Crippen molar-refractivity contribution in [3.8, 4) is 0 Å². The summed E-state index contributed by atoms with van der Waals surface area (Å²) >= 11 is 1.19. The van der Waals surface area contributed by atoms with Crippen molar-refractivity contribution in [2.75, 3.05) is 12.3 Å². The van der Waals surface area contributed by atoms with Gasteiger partial charge < -0.3 is 10.6 Å². The summed E-state index contributed by atoms with van der Waals surface area (Å²) in [7, 11) is 0. The molecule has 6 heteroatoms. The second kappa shape index (κ2) is 4.84. The van der Waals surface area contributed by atoms with Crippen LogP contribution in [0.2, 0.25) is 0 Å². The van der Waals surface area contributed by atoms with Crippen LogP contribution < -0.4 is 5.73 Å². The van der Waals surface area contributed by atoms with E-state index in [1.54, 1.807) is 0 Å². The lowest BCUT2D eigenvalue weighted by Crippen LogP contribution is -2.49. The van der Waals surface area contributed by atoms with Crippen LogP contribution >= 0.6 is 11.3 Å². The molecule has 1 aromatic rings. The van der Waals surface area contributed by atoms with Crippen molar-refractivity contribution < 1.29 is 4.79 Å². The molecule has 2 atom stereocenters. The summed E-state index contributed by atoms with van der Waals surface area (Å²) in [5.74, 6) is 0.725. The van der Waals surface area contributed by atoms with Crippen LogP contribution in [0.3, 0.4) is 0 Å². The van der Waals surface area contributed by atoms with Gasteiger partial charge in [-0.3, -0.25) is 4.79 Å². The molecule has 1 aromatic heterocycles. The fourth-order valence-corrected chi connectivity index (χ4v) is 3.89. The van der Waals surface area contributed by atoms with Gasteiger partial charge in [0.1, 0.15) is 0 Å². The Hall–Kier alpha value is -1.17. The van der Waals surface area contributed by atoms with Gasteiger partial charge in [0.25, 0.3) is 5.91 Å². The molecular formula is C12H18N4OS. The number of rotatable bonds is 1. The minimum absolute atomic E-state index is 0.0285. The maximum atomic E-state index is 12.4. The van der Waals surface area contributed by atoms with Crippen LogP contribution in [0.25, 0.3) is 0 Å². The number of nitrogens with two attached hydrogens (primary N) is 1. The lowest BCUT2D eigenvalue weighted by atomic mass is 9.78. The van der Waals surface area contributed by atoms with Crippen LogP contribution in [-0.2, 0) is 0 Å². The second-order valence-corrected chi connectivity index (χ2v) is 6.21. The van der Waals surface area contributed by atoms with Crippen LogP contribution in [0.15, 0.2) is 0 Å². The number of anilines is 1. The lowest BCUT2D eigenvalue weighted by Gasteiger charge is -2.43. The first-order valence-electron chi connectivity index (χ1n) is 6.65. The third-order valence-electron chi connectivity index (χ3n) is 4.13. The van der Waals surface area contributed by atoms with E-state index in [4.69, 9.17) is 5.73 Å². The predicted molar refractivity (Wildman–Crippen MR) is 70.3 cm³/mol. The molecule has 2 aliphatic rings. The Morgan fingerprint density at radius 2 is 2.00 bits per heavy atom. The summed E-state index contributed by atoms with van der Waals surface area (Å²) in [6, 6.07) is 0.421. The van der Waals surface area contributed by atoms with Gasteiger partial charge in [-0.25, -0.2) is 0 Å². The van der Waals surface area contributed by atoms with E-state index in [0.717, 1.165) is 19.4 Å². The van der Waals surface area contributed by atoms with E-state index >= 15 is 0 Å². The van der Waals surface area contributed by atoms with E-state index in [-0.39, 0.29) is 5.91 Å². The highest BCUT2D eigenvalue weighted by molar-refractivity contribution is 7.16. The fraction of sp³-hybridized carbons (Fsp3) is 0.750. The summed E-state index contributed by atoms with van der Waals surface area (Å²) < 4.78 is 0. The largest absolute Gasteiger partial charge is 0.374 e. The number of fused-ring (bicyclic) bond motifs is 1. The second-order valence-electron chi connectivity index (χ2n) is 5.20. The summed E-state index contributed by atoms with van der Waals surface area (Å²) in [4.78, 5) is 14.5. The zero-order valence-electron chi connectivity index (χ0n) is 10.3. The van der Waals surface area contributed by atoms with Gasteiger partial charge in [0.15, 0.2) is 0 Å². The summed E-state index contributed by atoms with van der Waals surface area (Å²) in [5, 5.41) is 8.43. The van der Waals surface area contributed by atoms with Gasteiger partial charge in [-0.15, -0.1) is 10.2 Å². The van der Waals surface area contributed by atoms with Gasteiger partial charge in [0.05, 0.1) is 0 Å². The van der Waals surface area contributed by atoms with Crippen LogP contribution in [0, 0.1) is 5.92 Å². The van der Waals surface area contributed by atoms with Gasteiger partial charge in [0.2, 0.25) is 10.1 Å². The SMILES string of the molecule is Nc1nnc(C(=O)N2CCC[C@H]3CCCC[C@H]32)s1.